The molecule has 1 aliphatic rings. The lowest BCUT2D eigenvalue weighted by molar-refractivity contribution is 0.140. The van der Waals surface area contributed by atoms with Crippen LogP contribution in [0, 0.1) is 0 Å². The standard InChI is InChI=1S/C17H21N3/c18-17-10-9-15(12-19-17)16-8-4-5-11-20(16)13-14-6-2-1-3-7-14/h1-3,6-7,9-10,12,16H,4-5,8,11,13H2,(H2,18,19)/t16-/m1/s1. The first-order valence-electron chi connectivity index (χ1n) is 7.32. The highest BCUT2D eigenvalue weighted by molar-refractivity contribution is 5.31. The van der Waals surface area contributed by atoms with Crippen LogP contribution >= 0.6 is 0 Å². The van der Waals surface area contributed by atoms with Crippen molar-refractivity contribution in [3.63, 3.8) is 0 Å². The normalized spacial score (nSPS) is 19.9. The fraction of sp³-hybridized carbons (Fsp3) is 0.353. The minimum absolute atomic E-state index is 0.469. The van der Waals surface area contributed by atoms with Gasteiger partial charge in [-0.2, -0.15) is 0 Å². The van der Waals surface area contributed by atoms with Crippen molar-refractivity contribution in [1.82, 2.24) is 9.88 Å². The van der Waals surface area contributed by atoms with E-state index in [4.69, 9.17) is 5.73 Å². The number of hydrogen-bond donors (Lipinski definition) is 1. The molecule has 1 fully saturated rings. The van der Waals surface area contributed by atoms with Crippen LogP contribution in [-0.2, 0) is 6.54 Å². The zero-order valence-electron chi connectivity index (χ0n) is 11.7. The van der Waals surface area contributed by atoms with E-state index >= 15 is 0 Å². The lowest BCUT2D eigenvalue weighted by atomic mass is 9.95. The maximum absolute atomic E-state index is 5.69. The number of piperidine rings is 1. The number of anilines is 1. The van der Waals surface area contributed by atoms with Gasteiger partial charge in [0.05, 0.1) is 0 Å². The summed E-state index contributed by atoms with van der Waals surface area (Å²) in [5.41, 5.74) is 8.35. The van der Waals surface area contributed by atoms with E-state index in [1.807, 2.05) is 12.3 Å². The van der Waals surface area contributed by atoms with Gasteiger partial charge in [-0.1, -0.05) is 42.8 Å². The second-order valence-corrected chi connectivity index (χ2v) is 5.48. The number of pyridine rings is 1. The van der Waals surface area contributed by atoms with Crippen LogP contribution in [-0.4, -0.2) is 16.4 Å². The van der Waals surface area contributed by atoms with Crippen LogP contribution in [0.25, 0.3) is 0 Å². The highest BCUT2D eigenvalue weighted by Gasteiger charge is 2.24. The zero-order chi connectivity index (χ0) is 13.8. The molecule has 3 heteroatoms. The third-order valence-electron chi connectivity index (χ3n) is 4.04. The van der Waals surface area contributed by atoms with Crippen LogP contribution in [0.1, 0.15) is 36.4 Å². The van der Waals surface area contributed by atoms with Crippen LogP contribution < -0.4 is 5.73 Å². The molecule has 0 bridgehead atoms. The van der Waals surface area contributed by atoms with Crippen molar-refractivity contribution >= 4 is 5.82 Å². The van der Waals surface area contributed by atoms with Crippen molar-refractivity contribution in [2.45, 2.75) is 31.8 Å². The number of benzene rings is 1. The summed E-state index contributed by atoms with van der Waals surface area (Å²) in [6, 6.07) is 15.2. The van der Waals surface area contributed by atoms with Gasteiger partial charge >= 0.3 is 0 Å². The van der Waals surface area contributed by atoms with Crippen LogP contribution in [0.4, 0.5) is 5.82 Å². The molecule has 0 unspecified atom stereocenters. The number of hydrogen-bond acceptors (Lipinski definition) is 3. The van der Waals surface area contributed by atoms with Crippen LogP contribution in [0.15, 0.2) is 48.7 Å². The van der Waals surface area contributed by atoms with E-state index in [0.717, 1.165) is 13.1 Å². The Bertz CT molecular complexity index is 536. The number of likely N-dealkylation sites (tertiary alicyclic amines) is 1. The van der Waals surface area contributed by atoms with E-state index in [2.05, 4.69) is 46.3 Å². The van der Waals surface area contributed by atoms with Gasteiger partial charge < -0.3 is 5.73 Å². The topological polar surface area (TPSA) is 42.1 Å². The molecule has 20 heavy (non-hydrogen) atoms. The Labute approximate surface area is 120 Å². The second-order valence-electron chi connectivity index (χ2n) is 5.48. The number of nitrogen functional groups attached to an aromatic ring is 1. The Hall–Kier alpha value is -1.87. The third kappa shape index (κ3) is 2.99. The molecule has 0 radical (unpaired) electrons. The van der Waals surface area contributed by atoms with E-state index in [1.54, 1.807) is 0 Å². The minimum atomic E-state index is 0.469. The largest absolute Gasteiger partial charge is 0.384 e. The summed E-state index contributed by atoms with van der Waals surface area (Å²) in [6.45, 7) is 2.17. The number of nitrogens with two attached hydrogens (primary N) is 1. The van der Waals surface area contributed by atoms with Gasteiger partial charge in [0.1, 0.15) is 5.82 Å². The maximum Gasteiger partial charge on any atom is 0.123 e. The molecule has 0 amide bonds. The minimum Gasteiger partial charge on any atom is -0.384 e. The van der Waals surface area contributed by atoms with Crippen LogP contribution in [0.3, 0.4) is 0 Å². The fourth-order valence-electron chi connectivity index (χ4n) is 2.99. The first-order valence-corrected chi connectivity index (χ1v) is 7.32. The first kappa shape index (κ1) is 13.1. The molecule has 2 heterocycles. The van der Waals surface area contributed by atoms with Crippen molar-refractivity contribution in [3.05, 3.63) is 59.8 Å². The van der Waals surface area contributed by atoms with Gasteiger partial charge in [0.25, 0.3) is 0 Å². The van der Waals surface area contributed by atoms with Gasteiger partial charge in [-0.15, -0.1) is 0 Å². The van der Waals surface area contributed by atoms with E-state index in [9.17, 15) is 0 Å². The number of aromatic nitrogens is 1. The van der Waals surface area contributed by atoms with E-state index in [0.29, 0.717) is 11.9 Å². The van der Waals surface area contributed by atoms with Crippen molar-refractivity contribution < 1.29 is 0 Å². The van der Waals surface area contributed by atoms with E-state index in [-0.39, 0.29) is 0 Å². The Morgan fingerprint density at radius 1 is 1.10 bits per heavy atom. The van der Waals surface area contributed by atoms with Crippen molar-refractivity contribution in [2.24, 2.45) is 0 Å². The summed E-state index contributed by atoms with van der Waals surface area (Å²) in [5, 5.41) is 0. The fourth-order valence-corrected chi connectivity index (χ4v) is 2.99. The van der Waals surface area contributed by atoms with Gasteiger partial charge in [-0.25, -0.2) is 4.98 Å². The average Bonchev–Trinajstić information content (AvgIpc) is 2.50. The molecule has 1 aliphatic heterocycles. The summed E-state index contributed by atoms with van der Waals surface area (Å²) in [7, 11) is 0. The predicted molar refractivity (Wildman–Crippen MR) is 82.1 cm³/mol. The molecule has 1 aromatic carbocycles. The molecule has 0 aliphatic carbocycles. The smallest absolute Gasteiger partial charge is 0.123 e. The van der Waals surface area contributed by atoms with Gasteiger partial charge in [-0.05, 0) is 36.6 Å². The Morgan fingerprint density at radius 3 is 2.70 bits per heavy atom. The van der Waals surface area contributed by atoms with E-state index in [1.165, 1.54) is 30.4 Å². The molecule has 3 rings (SSSR count). The lowest BCUT2D eigenvalue weighted by Gasteiger charge is -2.36. The highest BCUT2D eigenvalue weighted by atomic mass is 15.2. The molecule has 3 nitrogen and oxygen atoms in total. The second kappa shape index (κ2) is 6.06. The number of nitrogens with zero attached hydrogens (tertiary/aromatic N) is 2. The summed E-state index contributed by atoms with van der Waals surface area (Å²) in [4.78, 5) is 6.81. The van der Waals surface area contributed by atoms with Crippen molar-refractivity contribution in [2.75, 3.05) is 12.3 Å². The first-order chi connectivity index (χ1) is 9.83. The molecule has 1 saturated heterocycles. The van der Waals surface area contributed by atoms with Gasteiger partial charge in [0.15, 0.2) is 0 Å². The monoisotopic (exact) mass is 267 g/mol. The lowest BCUT2D eigenvalue weighted by Crippen LogP contribution is -2.33. The number of rotatable bonds is 3. The summed E-state index contributed by atoms with van der Waals surface area (Å²) in [6.07, 6.45) is 5.72. The molecular weight excluding hydrogens is 246 g/mol. The Kier molecular flexibility index (Phi) is 3.97. The Morgan fingerprint density at radius 2 is 1.95 bits per heavy atom. The van der Waals surface area contributed by atoms with Crippen LogP contribution in [0.5, 0.6) is 0 Å². The van der Waals surface area contributed by atoms with E-state index < -0.39 is 0 Å². The molecular formula is C17H21N3. The molecule has 104 valence electrons. The van der Waals surface area contributed by atoms with Crippen LogP contribution in [0.2, 0.25) is 0 Å². The molecule has 2 aromatic rings. The average molecular weight is 267 g/mol. The highest BCUT2D eigenvalue weighted by Crippen LogP contribution is 2.31. The van der Waals surface area contributed by atoms with Gasteiger partial charge in [-0.3, -0.25) is 4.90 Å². The predicted octanol–water partition coefficient (Wildman–Crippen LogP) is 3.39. The quantitative estimate of drug-likeness (QED) is 0.927. The molecule has 0 saturated carbocycles. The SMILES string of the molecule is Nc1ccc([C@H]2CCCCN2Cc2ccccc2)cn1. The maximum atomic E-state index is 5.69. The molecule has 1 atom stereocenters. The Balaban J connectivity index is 1.78. The van der Waals surface area contributed by atoms with Gasteiger partial charge in [0.2, 0.25) is 0 Å². The summed E-state index contributed by atoms with van der Waals surface area (Å²) >= 11 is 0. The molecule has 1 aromatic heterocycles. The molecule has 2 N–H and O–H groups in total. The third-order valence-corrected chi connectivity index (χ3v) is 4.04. The summed E-state index contributed by atoms with van der Waals surface area (Å²) < 4.78 is 0. The van der Waals surface area contributed by atoms with Crippen molar-refractivity contribution in [3.8, 4) is 0 Å². The van der Waals surface area contributed by atoms with Crippen molar-refractivity contribution in [1.29, 1.82) is 0 Å². The molecule has 0 spiro atoms. The summed E-state index contributed by atoms with van der Waals surface area (Å²) in [5.74, 6) is 0.596. The van der Waals surface area contributed by atoms with Gasteiger partial charge in [0, 0.05) is 18.8 Å². The zero-order valence-corrected chi connectivity index (χ0v) is 11.7.